The van der Waals surface area contributed by atoms with Crippen molar-refractivity contribution in [1.29, 1.82) is 0 Å². The molecule has 0 radical (unpaired) electrons. The van der Waals surface area contributed by atoms with E-state index in [0.717, 1.165) is 32.5 Å². The van der Waals surface area contributed by atoms with Gasteiger partial charge in [0, 0.05) is 49.3 Å². The monoisotopic (exact) mass is 346 g/mol. The summed E-state index contributed by atoms with van der Waals surface area (Å²) in [5.74, 6) is -0.0179. The summed E-state index contributed by atoms with van der Waals surface area (Å²) in [6.45, 7) is 2.90. The van der Waals surface area contributed by atoms with Crippen LogP contribution in [0.4, 0.5) is 5.69 Å². The molecule has 128 valence electrons. The molecular weight excluding hydrogens is 324 g/mol. The second kappa shape index (κ2) is 8.66. The molecule has 3 N–H and O–H groups in total. The van der Waals surface area contributed by atoms with E-state index in [1.54, 1.807) is 30.5 Å². The minimum absolute atomic E-state index is 0. The smallest absolute Gasteiger partial charge is 0.251 e. The molecule has 3 rings (SSSR count). The van der Waals surface area contributed by atoms with Crippen molar-refractivity contribution in [2.24, 2.45) is 0 Å². The largest absolute Gasteiger partial charge is 0.399 e. The summed E-state index contributed by atoms with van der Waals surface area (Å²) in [5.41, 5.74) is 8.22. The van der Waals surface area contributed by atoms with Crippen LogP contribution in [0.15, 0.2) is 48.8 Å². The molecule has 1 amide bonds. The van der Waals surface area contributed by atoms with Crippen molar-refractivity contribution in [2.75, 3.05) is 18.8 Å². The molecule has 2 aromatic rings. The summed E-state index contributed by atoms with van der Waals surface area (Å²) in [5, 5.41) is 3.12. The highest BCUT2D eigenvalue weighted by Crippen LogP contribution is 2.14. The molecule has 1 aliphatic rings. The number of halogens is 1. The van der Waals surface area contributed by atoms with Crippen LogP contribution in [-0.4, -0.2) is 34.9 Å². The first-order chi connectivity index (χ1) is 11.2. The lowest BCUT2D eigenvalue weighted by Crippen LogP contribution is -2.44. The Morgan fingerprint density at radius 2 is 1.92 bits per heavy atom. The van der Waals surface area contributed by atoms with Crippen LogP contribution in [0.2, 0.25) is 0 Å². The fourth-order valence-corrected chi connectivity index (χ4v) is 2.89. The van der Waals surface area contributed by atoms with E-state index in [1.165, 1.54) is 5.56 Å². The number of anilines is 1. The molecule has 0 saturated carbocycles. The maximum atomic E-state index is 12.2. The van der Waals surface area contributed by atoms with E-state index >= 15 is 0 Å². The van der Waals surface area contributed by atoms with Crippen LogP contribution < -0.4 is 11.1 Å². The highest BCUT2D eigenvalue weighted by Gasteiger charge is 2.21. The van der Waals surface area contributed by atoms with E-state index in [4.69, 9.17) is 5.73 Å². The summed E-state index contributed by atoms with van der Waals surface area (Å²) in [6.07, 6.45) is 5.65. The number of pyridine rings is 1. The molecule has 0 aliphatic carbocycles. The Labute approximate surface area is 148 Å². The zero-order chi connectivity index (χ0) is 16.1. The summed E-state index contributed by atoms with van der Waals surface area (Å²) < 4.78 is 0. The normalized spacial score (nSPS) is 15.5. The number of aromatic nitrogens is 1. The van der Waals surface area contributed by atoms with Gasteiger partial charge in [-0.25, -0.2) is 0 Å². The number of nitrogens with two attached hydrogens (primary N) is 1. The lowest BCUT2D eigenvalue weighted by Gasteiger charge is -2.32. The second-order valence-electron chi connectivity index (χ2n) is 6.01. The topological polar surface area (TPSA) is 71.2 Å². The standard InChI is InChI=1S/C18H22N4O.ClH/c19-16-5-3-15(4-6-16)18(23)21-17-7-10-22(11-8-17)13-14-2-1-9-20-12-14;/h1-6,9,12,17H,7-8,10-11,13,19H2,(H,21,23);1H. The van der Waals surface area contributed by atoms with Crippen molar-refractivity contribution in [3.8, 4) is 0 Å². The quantitative estimate of drug-likeness (QED) is 0.834. The van der Waals surface area contributed by atoms with Gasteiger partial charge in [-0.05, 0) is 48.7 Å². The Kier molecular flexibility index (Phi) is 6.58. The highest BCUT2D eigenvalue weighted by molar-refractivity contribution is 5.94. The van der Waals surface area contributed by atoms with E-state index < -0.39 is 0 Å². The molecule has 1 saturated heterocycles. The Morgan fingerprint density at radius 1 is 1.21 bits per heavy atom. The number of likely N-dealkylation sites (tertiary alicyclic amines) is 1. The van der Waals surface area contributed by atoms with E-state index in [-0.39, 0.29) is 24.4 Å². The molecule has 1 aromatic heterocycles. The number of nitrogen functional groups attached to an aromatic ring is 1. The zero-order valence-corrected chi connectivity index (χ0v) is 14.3. The predicted molar refractivity (Wildman–Crippen MR) is 98.1 cm³/mol. The SMILES string of the molecule is Cl.Nc1ccc(C(=O)NC2CCN(Cc3cccnc3)CC2)cc1. The maximum Gasteiger partial charge on any atom is 0.251 e. The minimum atomic E-state index is -0.0179. The summed E-state index contributed by atoms with van der Waals surface area (Å²) in [7, 11) is 0. The molecule has 0 unspecified atom stereocenters. The van der Waals surface area contributed by atoms with Crippen molar-refractivity contribution in [1.82, 2.24) is 15.2 Å². The van der Waals surface area contributed by atoms with E-state index in [0.29, 0.717) is 11.3 Å². The summed E-state index contributed by atoms with van der Waals surface area (Å²) >= 11 is 0. The van der Waals surface area contributed by atoms with E-state index in [2.05, 4.69) is 21.3 Å². The molecule has 2 heterocycles. The van der Waals surface area contributed by atoms with Gasteiger partial charge >= 0.3 is 0 Å². The molecule has 1 aliphatic heterocycles. The first-order valence-electron chi connectivity index (χ1n) is 7.98. The van der Waals surface area contributed by atoms with Gasteiger partial charge in [-0.3, -0.25) is 14.7 Å². The number of nitrogens with one attached hydrogen (secondary N) is 1. The van der Waals surface area contributed by atoms with Gasteiger partial charge < -0.3 is 11.1 Å². The predicted octanol–water partition coefficient (Wildman–Crippen LogP) is 2.48. The fourth-order valence-electron chi connectivity index (χ4n) is 2.89. The fraction of sp³-hybridized carbons (Fsp3) is 0.333. The lowest BCUT2D eigenvalue weighted by molar-refractivity contribution is 0.0909. The molecular formula is C18H23ClN4O. The average molecular weight is 347 g/mol. The number of rotatable bonds is 4. The van der Waals surface area contributed by atoms with Gasteiger partial charge in [-0.2, -0.15) is 0 Å². The van der Waals surface area contributed by atoms with Gasteiger partial charge in [-0.15, -0.1) is 12.4 Å². The number of amides is 1. The van der Waals surface area contributed by atoms with Crippen molar-refractivity contribution >= 4 is 24.0 Å². The van der Waals surface area contributed by atoms with Crippen LogP contribution in [0.3, 0.4) is 0 Å². The second-order valence-corrected chi connectivity index (χ2v) is 6.01. The van der Waals surface area contributed by atoms with Gasteiger partial charge in [0.2, 0.25) is 0 Å². The molecule has 1 aromatic carbocycles. The number of carbonyl (C=O) groups is 1. The van der Waals surface area contributed by atoms with Gasteiger partial charge in [0.1, 0.15) is 0 Å². The number of piperidine rings is 1. The van der Waals surface area contributed by atoms with Gasteiger partial charge in [0.05, 0.1) is 0 Å². The van der Waals surface area contributed by atoms with Gasteiger partial charge in [0.25, 0.3) is 5.91 Å². The number of hydrogen-bond acceptors (Lipinski definition) is 4. The summed E-state index contributed by atoms with van der Waals surface area (Å²) in [6, 6.07) is 11.4. The van der Waals surface area contributed by atoms with Crippen LogP contribution in [-0.2, 0) is 6.54 Å². The third-order valence-corrected chi connectivity index (χ3v) is 4.22. The first-order valence-corrected chi connectivity index (χ1v) is 7.98. The zero-order valence-electron chi connectivity index (χ0n) is 13.5. The van der Waals surface area contributed by atoms with Crippen LogP contribution >= 0.6 is 12.4 Å². The third-order valence-electron chi connectivity index (χ3n) is 4.22. The van der Waals surface area contributed by atoms with Crippen LogP contribution in [0.1, 0.15) is 28.8 Å². The van der Waals surface area contributed by atoms with Crippen molar-refractivity contribution < 1.29 is 4.79 Å². The number of nitrogens with zero attached hydrogens (tertiary/aromatic N) is 2. The van der Waals surface area contributed by atoms with Gasteiger partial charge in [0.15, 0.2) is 0 Å². The van der Waals surface area contributed by atoms with Crippen LogP contribution in [0.5, 0.6) is 0 Å². The van der Waals surface area contributed by atoms with E-state index in [1.807, 2.05) is 12.3 Å². The Hall–Kier alpha value is -2.11. The maximum absolute atomic E-state index is 12.2. The molecule has 1 fully saturated rings. The van der Waals surface area contributed by atoms with Crippen molar-refractivity contribution in [3.05, 3.63) is 59.9 Å². The van der Waals surface area contributed by atoms with E-state index in [9.17, 15) is 4.79 Å². The van der Waals surface area contributed by atoms with Crippen molar-refractivity contribution in [2.45, 2.75) is 25.4 Å². The van der Waals surface area contributed by atoms with Crippen molar-refractivity contribution in [3.63, 3.8) is 0 Å². The Bertz CT molecular complexity index is 640. The Morgan fingerprint density at radius 3 is 2.54 bits per heavy atom. The average Bonchev–Trinajstić information content (AvgIpc) is 2.58. The highest BCUT2D eigenvalue weighted by atomic mass is 35.5. The van der Waals surface area contributed by atoms with Crippen LogP contribution in [0, 0.1) is 0 Å². The molecule has 0 spiro atoms. The molecule has 0 atom stereocenters. The number of hydrogen-bond donors (Lipinski definition) is 2. The first kappa shape index (κ1) is 18.2. The third kappa shape index (κ3) is 4.94. The molecule has 0 bridgehead atoms. The van der Waals surface area contributed by atoms with Crippen LogP contribution in [0.25, 0.3) is 0 Å². The molecule has 5 nitrogen and oxygen atoms in total. The van der Waals surface area contributed by atoms with Gasteiger partial charge in [-0.1, -0.05) is 6.07 Å². The minimum Gasteiger partial charge on any atom is -0.399 e. The number of benzene rings is 1. The number of carbonyl (C=O) groups excluding carboxylic acids is 1. The molecule has 24 heavy (non-hydrogen) atoms. The molecule has 6 heteroatoms. The Balaban J connectivity index is 0.00000208. The summed E-state index contributed by atoms with van der Waals surface area (Å²) in [4.78, 5) is 18.8. The lowest BCUT2D eigenvalue weighted by atomic mass is 10.0.